The molecule has 0 aromatic carbocycles. The van der Waals surface area contributed by atoms with E-state index in [0.717, 1.165) is 8.05 Å². The molecule has 9 atom stereocenters. The van der Waals surface area contributed by atoms with Crippen molar-refractivity contribution in [1.82, 2.24) is 0 Å². The quantitative estimate of drug-likeness (QED) is 0.0882. The van der Waals surface area contributed by atoms with Crippen LogP contribution < -0.4 is 0 Å². The minimum atomic E-state index is -2.07. The van der Waals surface area contributed by atoms with Gasteiger partial charge >= 0.3 is 0 Å². The normalized spacial score (nSPS) is 23.6. The van der Waals surface area contributed by atoms with Gasteiger partial charge in [-0.1, -0.05) is 0 Å². The molecule has 0 heterocycles. The van der Waals surface area contributed by atoms with Crippen LogP contribution >= 0.6 is 12.9 Å². The highest BCUT2D eigenvalue weighted by Gasteiger charge is 2.43. The van der Waals surface area contributed by atoms with Crippen LogP contribution in [0.2, 0.25) is 0 Å². The van der Waals surface area contributed by atoms with E-state index in [1.165, 1.54) is 0 Å². The van der Waals surface area contributed by atoms with Gasteiger partial charge in [-0.2, -0.15) is 0 Å². The lowest BCUT2D eigenvalue weighted by Gasteiger charge is -2.36. The lowest BCUT2D eigenvalue weighted by Crippen LogP contribution is -2.58. The van der Waals surface area contributed by atoms with Crippen molar-refractivity contribution in [3.63, 3.8) is 0 Å². The Bertz CT molecular complexity index is 341. The molecule has 0 spiro atoms. The molecule has 13 heteroatoms. The van der Waals surface area contributed by atoms with Crippen LogP contribution in [0.5, 0.6) is 0 Å². The molecule has 0 aromatic heterocycles. The van der Waals surface area contributed by atoms with Gasteiger partial charge in [-0.05, 0) is 12.9 Å². The van der Waals surface area contributed by atoms with Crippen molar-refractivity contribution in [3.05, 3.63) is 0 Å². The fourth-order valence-corrected chi connectivity index (χ4v) is 2.32. The van der Waals surface area contributed by atoms with Crippen LogP contribution in [0.4, 0.5) is 0 Å². The molecule has 11 nitrogen and oxygen atoms in total. The topological polar surface area (TPSA) is 201 Å². The van der Waals surface area contributed by atoms with Crippen molar-refractivity contribution in [2.75, 3.05) is 13.2 Å². The first-order valence-corrected chi connectivity index (χ1v) is 7.35. The van der Waals surface area contributed by atoms with Gasteiger partial charge in [0.05, 0.1) is 19.3 Å². The number of thiol groups is 1. The maximum Gasteiger partial charge on any atom is 0.257 e. The van der Waals surface area contributed by atoms with Gasteiger partial charge in [0.15, 0.2) is 0 Å². The summed E-state index contributed by atoms with van der Waals surface area (Å²) < 4.78 is 9.26. The molecule has 9 unspecified atom stereocenters. The molecule has 0 aliphatic rings. The second-order valence-electron chi connectivity index (χ2n) is 5.22. The first-order chi connectivity index (χ1) is 11.2. The number of aliphatic hydroxyl groups excluding tert-OH is 9. The van der Waals surface area contributed by atoms with Gasteiger partial charge in [0.1, 0.15) is 48.8 Å². The van der Waals surface area contributed by atoms with Gasteiger partial charge in [-0.25, -0.2) is 0 Å². The summed E-state index contributed by atoms with van der Waals surface area (Å²) in [7, 11) is 1.09. The monoisotopic (exact) mass is 376 g/mol. The van der Waals surface area contributed by atoms with Crippen LogP contribution in [-0.2, 0) is 8.84 Å². The maximum absolute atomic E-state index is 10.1. The molecular formula is C11H25BO11S. The van der Waals surface area contributed by atoms with E-state index < -0.39 is 68.1 Å². The first kappa shape index (κ1) is 24.0. The van der Waals surface area contributed by atoms with Crippen molar-refractivity contribution in [2.24, 2.45) is 0 Å². The molecular weight excluding hydrogens is 351 g/mol. The van der Waals surface area contributed by atoms with Crippen LogP contribution in [-0.4, -0.2) is 122 Å². The van der Waals surface area contributed by atoms with Crippen molar-refractivity contribution < 1.29 is 54.8 Å². The standard InChI is InChI=1S/C11H25BO11S/c12-22-10(4(16)2-14)8(20)9(21)11(23-24)7(19)6(18)5(17)3(15)1-13/h3-11,13-21,24H,1-2,12H2. The maximum atomic E-state index is 10.1. The summed E-state index contributed by atoms with van der Waals surface area (Å²) in [4.78, 5) is 0. The number of hydrogen-bond donors (Lipinski definition) is 10. The smallest absolute Gasteiger partial charge is 0.257 e. The predicted molar refractivity (Wildman–Crippen MR) is 83.5 cm³/mol. The van der Waals surface area contributed by atoms with E-state index in [9.17, 15) is 35.7 Å². The zero-order valence-corrected chi connectivity index (χ0v) is 13.8. The number of hydrogen-bond acceptors (Lipinski definition) is 12. The van der Waals surface area contributed by atoms with Gasteiger partial charge < -0.3 is 54.8 Å². The molecule has 0 fully saturated rings. The molecule has 144 valence electrons. The molecule has 24 heavy (non-hydrogen) atoms. The fourth-order valence-electron chi connectivity index (χ4n) is 2.08. The third kappa shape index (κ3) is 6.05. The molecule has 0 aliphatic heterocycles. The van der Waals surface area contributed by atoms with E-state index in [4.69, 9.17) is 14.9 Å². The van der Waals surface area contributed by atoms with Gasteiger partial charge in [-0.3, -0.25) is 0 Å². The number of rotatable bonds is 12. The highest BCUT2D eigenvalue weighted by molar-refractivity contribution is 7.75. The minimum absolute atomic E-state index is 0.790. The Morgan fingerprint density at radius 1 is 0.667 bits per heavy atom. The summed E-state index contributed by atoms with van der Waals surface area (Å²) >= 11 is 3.41. The largest absolute Gasteiger partial charge is 0.436 e. The van der Waals surface area contributed by atoms with Crippen molar-refractivity contribution in [3.8, 4) is 0 Å². The Kier molecular flexibility index (Phi) is 11.6. The second-order valence-corrected chi connectivity index (χ2v) is 5.43. The third-order valence-electron chi connectivity index (χ3n) is 3.60. The average Bonchev–Trinajstić information content (AvgIpc) is 2.59. The minimum Gasteiger partial charge on any atom is -0.436 e. The summed E-state index contributed by atoms with van der Waals surface area (Å²) in [5.41, 5.74) is 0. The van der Waals surface area contributed by atoms with Crippen LogP contribution in [0.3, 0.4) is 0 Å². The van der Waals surface area contributed by atoms with E-state index in [-0.39, 0.29) is 0 Å². The molecule has 0 radical (unpaired) electrons. The lowest BCUT2D eigenvalue weighted by molar-refractivity contribution is -0.175. The van der Waals surface area contributed by atoms with Crippen LogP contribution in [0.25, 0.3) is 0 Å². The van der Waals surface area contributed by atoms with E-state index in [0.29, 0.717) is 0 Å². The zero-order chi connectivity index (χ0) is 19.0. The summed E-state index contributed by atoms with van der Waals surface area (Å²) in [6.07, 6.45) is -16.6. The first-order valence-electron chi connectivity index (χ1n) is 6.99. The Hall–Kier alpha value is -0.0251. The van der Waals surface area contributed by atoms with Gasteiger partial charge in [0, 0.05) is 0 Å². The molecule has 0 saturated carbocycles. The van der Waals surface area contributed by atoms with Gasteiger partial charge in [0.25, 0.3) is 8.05 Å². The lowest BCUT2D eigenvalue weighted by atomic mass is 9.91. The highest BCUT2D eigenvalue weighted by atomic mass is 32.1. The Balaban J connectivity index is 5.15. The molecule has 0 aliphatic carbocycles. The molecule has 0 amide bonds. The highest BCUT2D eigenvalue weighted by Crippen LogP contribution is 2.20. The van der Waals surface area contributed by atoms with Crippen LogP contribution in [0, 0.1) is 0 Å². The summed E-state index contributed by atoms with van der Waals surface area (Å²) in [5, 5.41) is 85.7. The molecule has 0 saturated heterocycles. The van der Waals surface area contributed by atoms with Gasteiger partial charge in [0.2, 0.25) is 0 Å². The Morgan fingerprint density at radius 3 is 1.46 bits per heavy atom. The van der Waals surface area contributed by atoms with Crippen LogP contribution in [0.1, 0.15) is 0 Å². The molecule has 0 rings (SSSR count). The van der Waals surface area contributed by atoms with E-state index in [1.807, 2.05) is 0 Å². The second kappa shape index (κ2) is 11.6. The number of aliphatic hydroxyl groups is 9. The van der Waals surface area contributed by atoms with E-state index in [1.54, 1.807) is 0 Å². The Morgan fingerprint density at radius 2 is 1.08 bits per heavy atom. The van der Waals surface area contributed by atoms with E-state index in [2.05, 4.69) is 17.1 Å². The third-order valence-corrected chi connectivity index (χ3v) is 3.84. The summed E-state index contributed by atoms with van der Waals surface area (Å²) in [6.45, 7) is -1.70. The van der Waals surface area contributed by atoms with Crippen LogP contribution in [0.15, 0.2) is 0 Å². The van der Waals surface area contributed by atoms with Gasteiger partial charge in [-0.15, -0.1) is 0 Å². The Labute approximate surface area is 144 Å². The summed E-state index contributed by atoms with van der Waals surface area (Å²) in [6, 6.07) is 0. The zero-order valence-electron chi connectivity index (χ0n) is 12.9. The SMILES string of the molecule is BOC(C(O)CO)C(O)C(O)C(OS)C(O)C(O)C(O)C(O)CO. The fraction of sp³-hybridized carbons (Fsp3) is 1.00. The molecule has 9 N–H and O–H groups in total. The molecule has 0 bridgehead atoms. The van der Waals surface area contributed by atoms with E-state index >= 15 is 0 Å². The van der Waals surface area contributed by atoms with Crippen molar-refractivity contribution >= 4 is 21.0 Å². The summed E-state index contributed by atoms with van der Waals surface area (Å²) in [5.74, 6) is 0. The predicted octanol–water partition coefficient (Wildman–Crippen LogP) is -6.34. The van der Waals surface area contributed by atoms with Crippen molar-refractivity contribution in [2.45, 2.75) is 54.9 Å². The molecule has 0 aromatic rings. The van der Waals surface area contributed by atoms with Crippen molar-refractivity contribution in [1.29, 1.82) is 0 Å². The average molecular weight is 376 g/mol.